The fraction of sp³-hybridized carbons (Fsp3) is 0.250. The van der Waals surface area contributed by atoms with E-state index in [1.807, 2.05) is 23.7 Å². The molecule has 1 N–H and O–H groups in total. The van der Waals surface area contributed by atoms with E-state index in [-0.39, 0.29) is 12.1 Å². The summed E-state index contributed by atoms with van der Waals surface area (Å²) < 4.78 is 2.15. The highest BCUT2D eigenvalue weighted by Gasteiger charge is 2.32. The lowest BCUT2D eigenvalue weighted by Gasteiger charge is -2.40. The number of aromatic nitrogens is 1. The van der Waals surface area contributed by atoms with Crippen LogP contribution in [0.4, 0.5) is 5.69 Å². The molecule has 1 fully saturated rings. The Kier molecular flexibility index (Phi) is 3.80. The van der Waals surface area contributed by atoms with E-state index < -0.39 is 0 Å². The van der Waals surface area contributed by atoms with Crippen molar-refractivity contribution < 1.29 is 4.79 Å². The summed E-state index contributed by atoms with van der Waals surface area (Å²) in [5.41, 5.74) is 3.38. The number of carbonyl (C=O) groups excluding carboxylic acids is 1. The molecular weight excluding hydrogens is 344 g/mol. The van der Waals surface area contributed by atoms with Crippen molar-refractivity contribution in [3.8, 4) is 5.69 Å². The quantitative estimate of drug-likeness (QED) is 0.760. The standard InChI is InChI=1S/C20H20N4OS/c25-20-18-16(8-14-26-18)24-9-4-7-17(24)19(21-20)23-12-10-22(11-13-23)15-5-2-1-3-6-15/h1-9,14,19H,10-13H2,(H,21,25). The molecule has 2 aliphatic rings. The molecular formula is C20H20N4OS. The molecule has 5 rings (SSSR count). The Bertz CT molecular complexity index is 924. The average Bonchev–Trinajstić information content (AvgIpc) is 3.34. The summed E-state index contributed by atoms with van der Waals surface area (Å²) in [6.07, 6.45) is 1.96. The number of hydrogen-bond donors (Lipinski definition) is 1. The van der Waals surface area contributed by atoms with Crippen LogP contribution in [0, 0.1) is 0 Å². The Balaban J connectivity index is 1.40. The molecule has 0 spiro atoms. The first-order valence-electron chi connectivity index (χ1n) is 8.91. The summed E-state index contributed by atoms with van der Waals surface area (Å²) in [7, 11) is 0. The zero-order chi connectivity index (χ0) is 17.5. The van der Waals surface area contributed by atoms with E-state index in [9.17, 15) is 4.79 Å². The predicted octanol–water partition coefficient (Wildman–Crippen LogP) is 3.10. The molecule has 1 saturated heterocycles. The molecule has 1 unspecified atom stereocenters. The first-order chi connectivity index (χ1) is 12.8. The Morgan fingerprint density at radius 2 is 1.77 bits per heavy atom. The van der Waals surface area contributed by atoms with Gasteiger partial charge in [-0.3, -0.25) is 9.69 Å². The maximum absolute atomic E-state index is 12.7. The molecule has 1 aromatic carbocycles. The summed E-state index contributed by atoms with van der Waals surface area (Å²) in [5.74, 6) is 0.0224. The number of hydrogen-bond acceptors (Lipinski definition) is 4. The second-order valence-electron chi connectivity index (χ2n) is 6.67. The van der Waals surface area contributed by atoms with Gasteiger partial charge in [-0.25, -0.2) is 0 Å². The van der Waals surface area contributed by atoms with Crippen LogP contribution in [0.3, 0.4) is 0 Å². The van der Waals surface area contributed by atoms with Crippen LogP contribution in [-0.2, 0) is 0 Å². The molecule has 132 valence electrons. The second kappa shape index (κ2) is 6.30. The van der Waals surface area contributed by atoms with E-state index in [1.54, 1.807) is 0 Å². The average molecular weight is 364 g/mol. The first-order valence-corrected chi connectivity index (χ1v) is 9.79. The topological polar surface area (TPSA) is 40.5 Å². The summed E-state index contributed by atoms with van der Waals surface area (Å²) in [4.78, 5) is 18.3. The minimum Gasteiger partial charge on any atom is -0.369 e. The molecule has 0 aliphatic carbocycles. The molecule has 26 heavy (non-hydrogen) atoms. The van der Waals surface area contributed by atoms with E-state index in [1.165, 1.54) is 17.0 Å². The van der Waals surface area contributed by atoms with Gasteiger partial charge < -0.3 is 14.8 Å². The van der Waals surface area contributed by atoms with Crippen LogP contribution in [0.5, 0.6) is 0 Å². The van der Waals surface area contributed by atoms with E-state index in [2.05, 4.69) is 56.1 Å². The molecule has 3 aromatic rings. The van der Waals surface area contributed by atoms with Crippen molar-refractivity contribution in [1.82, 2.24) is 14.8 Å². The highest BCUT2D eigenvalue weighted by atomic mass is 32.1. The van der Waals surface area contributed by atoms with Crippen molar-refractivity contribution in [1.29, 1.82) is 0 Å². The molecule has 6 heteroatoms. The molecule has 2 aromatic heterocycles. The largest absolute Gasteiger partial charge is 0.369 e. The lowest BCUT2D eigenvalue weighted by molar-refractivity contribution is 0.0841. The number of nitrogens with one attached hydrogen (secondary N) is 1. The minimum absolute atomic E-state index is 0.0224. The van der Waals surface area contributed by atoms with E-state index in [4.69, 9.17) is 0 Å². The predicted molar refractivity (Wildman–Crippen MR) is 104 cm³/mol. The number of thiophene rings is 1. The third-order valence-electron chi connectivity index (χ3n) is 5.24. The van der Waals surface area contributed by atoms with Gasteiger partial charge in [0, 0.05) is 38.1 Å². The van der Waals surface area contributed by atoms with E-state index in [0.29, 0.717) is 0 Å². The highest BCUT2D eigenvalue weighted by molar-refractivity contribution is 7.12. The fourth-order valence-electron chi connectivity index (χ4n) is 3.92. The summed E-state index contributed by atoms with van der Waals surface area (Å²) >= 11 is 1.50. The van der Waals surface area contributed by atoms with Crippen LogP contribution in [-0.4, -0.2) is 41.6 Å². The summed E-state index contributed by atoms with van der Waals surface area (Å²) in [6.45, 7) is 3.75. The van der Waals surface area contributed by atoms with Gasteiger partial charge in [0.1, 0.15) is 11.0 Å². The second-order valence-corrected chi connectivity index (χ2v) is 7.59. The Hall–Kier alpha value is -2.57. The highest BCUT2D eigenvalue weighted by Crippen LogP contribution is 2.31. The van der Waals surface area contributed by atoms with Gasteiger partial charge in [0.15, 0.2) is 0 Å². The number of carbonyl (C=O) groups is 1. The van der Waals surface area contributed by atoms with Crippen molar-refractivity contribution in [2.45, 2.75) is 6.17 Å². The van der Waals surface area contributed by atoms with Crippen LogP contribution < -0.4 is 10.2 Å². The number of benzene rings is 1. The lowest BCUT2D eigenvalue weighted by atomic mass is 10.2. The van der Waals surface area contributed by atoms with Crippen molar-refractivity contribution in [2.24, 2.45) is 0 Å². The molecule has 0 saturated carbocycles. The third-order valence-corrected chi connectivity index (χ3v) is 6.14. The van der Waals surface area contributed by atoms with Gasteiger partial charge in [0.2, 0.25) is 0 Å². The van der Waals surface area contributed by atoms with Crippen molar-refractivity contribution in [3.05, 3.63) is 70.7 Å². The van der Waals surface area contributed by atoms with Gasteiger partial charge in [-0.1, -0.05) is 18.2 Å². The van der Waals surface area contributed by atoms with E-state index >= 15 is 0 Å². The minimum atomic E-state index is -0.0879. The van der Waals surface area contributed by atoms with Crippen molar-refractivity contribution in [3.63, 3.8) is 0 Å². The zero-order valence-electron chi connectivity index (χ0n) is 14.3. The number of para-hydroxylation sites is 1. The number of piperazine rings is 1. The zero-order valence-corrected chi connectivity index (χ0v) is 15.2. The Morgan fingerprint density at radius 1 is 0.962 bits per heavy atom. The van der Waals surface area contributed by atoms with Gasteiger partial charge in [0.05, 0.1) is 11.4 Å². The van der Waals surface area contributed by atoms with Crippen LogP contribution >= 0.6 is 11.3 Å². The monoisotopic (exact) mass is 364 g/mol. The van der Waals surface area contributed by atoms with Gasteiger partial charge in [-0.2, -0.15) is 0 Å². The molecule has 1 atom stereocenters. The molecule has 0 bridgehead atoms. The van der Waals surface area contributed by atoms with Gasteiger partial charge >= 0.3 is 0 Å². The van der Waals surface area contributed by atoms with Crippen LogP contribution in [0.2, 0.25) is 0 Å². The molecule has 2 aliphatic heterocycles. The van der Waals surface area contributed by atoms with Crippen LogP contribution in [0.1, 0.15) is 21.5 Å². The number of rotatable bonds is 2. The van der Waals surface area contributed by atoms with Crippen molar-refractivity contribution in [2.75, 3.05) is 31.1 Å². The third kappa shape index (κ3) is 2.53. The maximum Gasteiger partial charge on any atom is 0.265 e. The maximum atomic E-state index is 12.7. The van der Waals surface area contributed by atoms with E-state index in [0.717, 1.165) is 42.4 Å². The van der Waals surface area contributed by atoms with Gasteiger partial charge in [-0.05, 0) is 35.7 Å². The summed E-state index contributed by atoms with van der Waals surface area (Å²) in [5, 5.41) is 5.23. The number of amides is 1. The first kappa shape index (κ1) is 15.7. The molecule has 5 nitrogen and oxygen atoms in total. The van der Waals surface area contributed by atoms with Crippen LogP contribution in [0.25, 0.3) is 5.69 Å². The molecule has 1 amide bonds. The smallest absolute Gasteiger partial charge is 0.265 e. The van der Waals surface area contributed by atoms with Crippen molar-refractivity contribution >= 4 is 22.9 Å². The number of fused-ring (bicyclic) bond motifs is 3. The number of anilines is 1. The summed E-state index contributed by atoms with van der Waals surface area (Å²) in [6, 6.07) is 16.7. The van der Waals surface area contributed by atoms with Gasteiger partial charge in [0.25, 0.3) is 5.91 Å². The number of nitrogens with zero attached hydrogens (tertiary/aromatic N) is 3. The van der Waals surface area contributed by atoms with Crippen LogP contribution in [0.15, 0.2) is 60.1 Å². The van der Waals surface area contributed by atoms with Gasteiger partial charge in [-0.15, -0.1) is 11.3 Å². The molecule has 4 heterocycles. The normalized spacial score (nSPS) is 20.2. The fourth-order valence-corrected chi connectivity index (χ4v) is 4.70. The molecule has 0 radical (unpaired) electrons. The Labute approximate surface area is 156 Å². The lowest BCUT2D eigenvalue weighted by Crippen LogP contribution is -2.51. The Morgan fingerprint density at radius 3 is 2.58 bits per heavy atom. The SMILES string of the molecule is O=C1NC(N2CCN(c3ccccc3)CC2)c2cccn2-c2ccsc21.